The lowest BCUT2D eigenvalue weighted by molar-refractivity contribution is 0.102. The van der Waals surface area contributed by atoms with Crippen molar-refractivity contribution in [1.29, 1.82) is 0 Å². The van der Waals surface area contributed by atoms with E-state index in [1.54, 1.807) is 25.1 Å². The lowest BCUT2D eigenvalue weighted by Gasteiger charge is -2.09. The van der Waals surface area contributed by atoms with Crippen molar-refractivity contribution < 1.29 is 13.6 Å². The maximum atomic E-state index is 13.4. The van der Waals surface area contributed by atoms with Crippen LogP contribution in [0.15, 0.2) is 36.4 Å². The van der Waals surface area contributed by atoms with E-state index in [1.807, 2.05) is 0 Å². The highest BCUT2D eigenvalue weighted by atomic mass is 35.5. The van der Waals surface area contributed by atoms with Gasteiger partial charge >= 0.3 is 0 Å². The fourth-order valence-corrected chi connectivity index (χ4v) is 1.81. The average molecular weight is 282 g/mol. The number of carbonyl (C=O) groups excluding carboxylic acids is 1. The Labute approximate surface area is 114 Å². The van der Waals surface area contributed by atoms with E-state index >= 15 is 0 Å². The summed E-state index contributed by atoms with van der Waals surface area (Å²) in [6.45, 7) is 1.79. The van der Waals surface area contributed by atoms with Gasteiger partial charge in [-0.1, -0.05) is 29.3 Å². The van der Waals surface area contributed by atoms with E-state index in [0.29, 0.717) is 0 Å². The molecule has 98 valence electrons. The van der Waals surface area contributed by atoms with Gasteiger partial charge in [-0.2, -0.15) is 0 Å². The van der Waals surface area contributed by atoms with Crippen LogP contribution >= 0.6 is 11.6 Å². The van der Waals surface area contributed by atoms with Crippen LogP contribution in [0.1, 0.15) is 15.9 Å². The molecule has 2 aromatic rings. The van der Waals surface area contributed by atoms with E-state index in [4.69, 9.17) is 11.6 Å². The predicted octanol–water partition coefficient (Wildman–Crippen LogP) is 4.18. The molecule has 19 heavy (non-hydrogen) atoms. The lowest BCUT2D eigenvalue weighted by Crippen LogP contribution is -2.15. The summed E-state index contributed by atoms with van der Waals surface area (Å²) in [4.78, 5) is 12.0. The van der Waals surface area contributed by atoms with E-state index in [0.717, 1.165) is 17.7 Å². The second-order valence-corrected chi connectivity index (χ2v) is 4.44. The number of hydrogen-bond acceptors (Lipinski definition) is 1. The molecule has 1 N–H and O–H groups in total. The number of nitrogens with one attached hydrogen (secondary N) is 1. The van der Waals surface area contributed by atoms with Crippen LogP contribution in [0.4, 0.5) is 14.5 Å². The van der Waals surface area contributed by atoms with Gasteiger partial charge in [-0.05, 0) is 31.2 Å². The largest absolute Gasteiger partial charge is 0.317 e. The first-order valence-electron chi connectivity index (χ1n) is 5.50. The molecule has 0 fully saturated rings. The minimum absolute atomic E-state index is 0.171. The predicted molar refractivity (Wildman–Crippen MR) is 70.5 cm³/mol. The van der Waals surface area contributed by atoms with Crippen LogP contribution in [0.25, 0.3) is 0 Å². The quantitative estimate of drug-likeness (QED) is 0.879. The van der Waals surface area contributed by atoms with Gasteiger partial charge in [0.05, 0.1) is 10.6 Å². The number of carbonyl (C=O) groups is 1. The fraction of sp³-hybridized carbons (Fsp3) is 0.0714. The number of rotatable bonds is 2. The van der Waals surface area contributed by atoms with E-state index in [1.165, 1.54) is 6.07 Å². The van der Waals surface area contributed by atoms with Crippen molar-refractivity contribution >= 4 is 23.2 Å². The molecule has 0 radical (unpaired) electrons. The molecule has 0 atom stereocenters. The second kappa shape index (κ2) is 5.36. The highest BCUT2D eigenvalue weighted by molar-refractivity contribution is 6.34. The van der Waals surface area contributed by atoms with Gasteiger partial charge in [0.25, 0.3) is 5.91 Å². The maximum absolute atomic E-state index is 13.4. The van der Waals surface area contributed by atoms with Gasteiger partial charge in [-0.15, -0.1) is 0 Å². The van der Waals surface area contributed by atoms with Crippen LogP contribution in [-0.4, -0.2) is 5.91 Å². The molecule has 0 unspecified atom stereocenters. The fourth-order valence-electron chi connectivity index (χ4n) is 1.61. The van der Waals surface area contributed by atoms with Gasteiger partial charge in [0.15, 0.2) is 0 Å². The molecule has 5 heteroatoms. The number of benzene rings is 2. The Morgan fingerprint density at radius 3 is 2.42 bits per heavy atom. The number of hydrogen-bond donors (Lipinski definition) is 1. The summed E-state index contributed by atoms with van der Waals surface area (Å²) in [5.41, 5.74) is 0.512. The molecular weight excluding hydrogens is 272 g/mol. The summed E-state index contributed by atoms with van der Waals surface area (Å²) >= 11 is 5.89. The smallest absolute Gasteiger partial charge is 0.257 e. The standard InChI is InChI=1S/C14H10ClF2NO/c1-8-5-6-10(15)9(7-8)14(19)18-13-11(16)3-2-4-12(13)17/h2-7H,1H3,(H,18,19). The van der Waals surface area contributed by atoms with E-state index in [-0.39, 0.29) is 10.6 Å². The molecule has 0 aromatic heterocycles. The summed E-state index contributed by atoms with van der Waals surface area (Å²) < 4.78 is 26.8. The third-order valence-corrected chi connectivity index (χ3v) is 2.90. The zero-order chi connectivity index (χ0) is 14.0. The topological polar surface area (TPSA) is 29.1 Å². The Balaban J connectivity index is 2.34. The molecule has 0 heterocycles. The van der Waals surface area contributed by atoms with E-state index in [9.17, 15) is 13.6 Å². The third kappa shape index (κ3) is 2.90. The molecule has 0 spiro atoms. The highest BCUT2D eigenvalue weighted by Gasteiger charge is 2.15. The Kier molecular flexibility index (Phi) is 3.81. The first kappa shape index (κ1) is 13.5. The molecule has 0 aliphatic heterocycles. The van der Waals surface area contributed by atoms with Crippen molar-refractivity contribution in [1.82, 2.24) is 0 Å². The van der Waals surface area contributed by atoms with Gasteiger partial charge in [0.2, 0.25) is 0 Å². The monoisotopic (exact) mass is 281 g/mol. The summed E-state index contributed by atoms with van der Waals surface area (Å²) in [7, 11) is 0. The van der Waals surface area contributed by atoms with Crippen molar-refractivity contribution in [2.75, 3.05) is 5.32 Å². The number of halogens is 3. The number of amides is 1. The highest BCUT2D eigenvalue weighted by Crippen LogP contribution is 2.22. The SMILES string of the molecule is Cc1ccc(Cl)c(C(=O)Nc2c(F)cccc2F)c1. The normalized spacial score (nSPS) is 10.3. The first-order chi connectivity index (χ1) is 8.99. The molecule has 0 aliphatic rings. The Bertz CT molecular complexity index is 623. The summed E-state index contributed by atoms with van der Waals surface area (Å²) in [5, 5.41) is 2.41. The Morgan fingerprint density at radius 2 is 1.79 bits per heavy atom. The van der Waals surface area contributed by atoms with E-state index < -0.39 is 23.2 Å². The van der Waals surface area contributed by atoms with Crippen molar-refractivity contribution in [2.24, 2.45) is 0 Å². The van der Waals surface area contributed by atoms with Crippen LogP contribution < -0.4 is 5.32 Å². The molecule has 0 aliphatic carbocycles. The van der Waals surface area contributed by atoms with Crippen molar-refractivity contribution in [3.8, 4) is 0 Å². The lowest BCUT2D eigenvalue weighted by atomic mass is 10.1. The summed E-state index contributed by atoms with van der Waals surface area (Å²) in [6.07, 6.45) is 0. The van der Waals surface area contributed by atoms with Crippen LogP contribution in [0.5, 0.6) is 0 Å². The maximum Gasteiger partial charge on any atom is 0.257 e. The van der Waals surface area contributed by atoms with Gasteiger partial charge < -0.3 is 5.32 Å². The average Bonchev–Trinajstić information content (AvgIpc) is 2.37. The van der Waals surface area contributed by atoms with Gasteiger partial charge in [-0.3, -0.25) is 4.79 Å². The Hall–Kier alpha value is -1.94. The first-order valence-corrected chi connectivity index (χ1v) is 5.88. The molecule has 1 amide bonds. The van der Waals surface area contributed by atoms with Crippen LogP contribution in [0.2, 0.25) is 5.02 Å². The van der Waals surface area contributed by atoms with Crippen LogP contribution in [0.3, 0.4) is 0 Å². The molecule has 2 rings (SSSR count). The number of para-hydroxylation sites is 1. The molecule has 0 saturated carbocycles. The van der Waals surface area contributed by atoms with E-state index in [2.05, 4.69) is 5.32 Å². The summed E-state index contributed by atoms with van der Waals surface area (Å²) in [6, 6.07) is 8.20. The third-order valence-electron chi connectivity index (χ3n) is 2.57. The van der Waals surface area contributed by atoms with Crippen LogP contribution in [0, 0.1) is 18.6 Å². The van der Waals surface area contributed by atoms with Crippen molar-refractivity contribution in [3.63, 3.8) is 0 Å². The minimum atomic E-state index is -0.836. The van der Waals surface area contributed by atoms with Gasteiger partial charge in [-0.25, -0.2) is 8.78 Å². The zero-order valence-corrected chi connectivity index (χ0v) is 10.8. The second-order valence-electron chi connectivity index (χ2n) is 4.03. The van der Waals surface area contributed by atoms with Crippen molar-refractivity contribution in [2.45, 2.75) is 6.92 Å². The minimum Gasteiger partial charge on any atom is -0.317 e. The molecule has 0 saturated heterocycles. The van der Waals surface area contributed by atoms with Gasteiger partial charge in [0, 0.05) is 0 Å². The number of aryl methyl sites for hydroxylation is 1. The summed E-state index contributed by atoms with van der Waals surface area (Å²) in [5.74, 6) is -2.33. The molecule has 2 nitrogen and oxygen atoms in total. The molecule has 2 aromatic carbocycles. The van der Waals surface area contributed by atoms with Gasteiger partial charge in [0.1, 0.15) is 17.3 Å². The van der Waals surface area contributed by atoms with Crippen molar-refractivity contribution in [3.05, 3.63) is 64.2 Å². The number of anilines is 1. The van der Waals surface area contributed by atoms with Crippen LogP contribution in [-0.2, 0) is 0 Å². The molecule has 0 bridgehead atoms. The zero-order valence-electron chi connectivity index (χ0n) is 10.0. The Morgan fingerprint density at radius 1 is 1.16 bits per heavy atom. The molecular formula is C14H10ClF2NO.